The van der Waals surface area contributed by atoms with Crippen molar-refractivity contribution < 1.29 is 32.3 Å². The van der Waals surface area contributed by atoms with Gasteiger partial charge in [0.05, 0.1) is 12.0 Å². The van der Waals surface area contributed by atoms with E-state index in [-0.39, 0.29) is 37.8 Å². The van der Waals surface area contributed by atoms with Crippen LogP contribution in [-0.2, 0) is 19.2 Å². The third-order valence-corrected chi connectivity index (χ3v) is 7.28. The number of nitriles is 1. The normalized spacial score (nSPS) is 33.4. The molecule has 0 aromatic heterocycles. The molecule has 2 bridgehead atoms. The van der Waals surface area contributed by atoms with Crippen LogP contribution in [0.2, 0.25) is 0 Å². The zero-order valence-corrected chi connectivity index (χ0v) is 20.6. The third kappa shape index (κ3) is 6.24. The molecule has 4 amide bonds. The number of terminal acetylenes is 1. The highest BCUT2D eigenvalue weighted by atomic mass is 19.4. The third-order valence-electron chi connectivity index (χ3n) is 7.28. The molecule has 9 nitrogen and oxygen atoms in total. The molecular weight excluding hydrogens is 491 g/mol. The lowest BCUT2D eigenvalue weighted by Gasteiger charge is -2.38. The van der Waals surface area contributed by atoms with Gasteiger partial charge in [-0.05, 0) is 37.5 Å². The summed E-state index contributed by atoms with van der Waals surface area (Å²) >= 11 is 0. The Morgan fingerprint density at radius 2 is 1.92 bits per heavy atom. The van der Waals surface area contributed by atoms with Gasteiger partial charge in [-0.3, -0.25) is 19.2 Å². The summed E-state index contributed by atoms with van der Waals surface area (Å²) in [7, 11) is 0. The lowest BCUT2D eigenvalue weighted by molar-refractivity contribution is -0.176. The van der Waals surface area contributed by atoms with Crippen molar-refractivity contribution in [2.45, 2.75) is 76.3 Å². The van der Waals surface area contributed by atoms with Gasteiger partial charge in [-0.25, -0.2) is 0 Å². The minimum atomic E-state index is -5.22. The van der Waals surface area contributed by atoms with Crippen LogP contribution in [0.5, 0.6) is 0 Å². The quantitative estimate of drug-likeness (QED) is 0.352. The first-order valence-electron chi connectivity index (χ1n) is 12.1. The number of rotatable bonds is 1. The number of carbonyl (C=O) groups excluding carboxylic acids is 4. The summed E-state index contributed by atoms with van der Waals surface area (Å²) in [6.07, 6.45) is 5.17. The van der Waals surface area contributed by atoms with Gasteiger partial charge in [-0.1, -0.05) is 26.0 Å². The van der Waals surface area contributed by atoms with E-state index in [1.165, 1.54) is 0 Å². The van der Waals surface area contributed by atoms with Gasteiger partial charge >= 0.3 is 12.1 Å². The van der Waals surface area contributed by atoms with Crippen LogP contribution in [0, 0.1) is 40.9 Å². The molecule has 6 atom stereocenters. The monoisotopic (exact) mass is 521 g/mol. The average Bonchev–Trinajstić information content (AvgIpc) is 3.41. The Bertz CT molecular complexity index is 1060. The molecule has 2 saturated heterocycles. The van der Waals surface area contributed by atoms with Gasteiger partial charge in [0.1, 0.15) is 18.1 Å². The van der Waals surface area contributed by atoms with Crippen LogP contribution < -0.4 is 16.0 Å². The van der Waals surface area contributed by atoms with E-state index in [0.717, 1.165) is 4.90 Å². The predicted octanol–water partition coefficient (Wildman–Crippen LogP) is 1.16. The van der Waals surface area contributed by atoms with E-state index >= 15 is 0 Å². The number of allylic oxidation sites excluding steroid dienone is 1. The number of amides is 4. The molecule has 0 radical (unpaired) electrons. The molecule has 3 aliphatic rings. The Morgan fingerprint density at radius 3 is 2.54 bits per heavy atom. The lowest BCUT2D eigenvalue weighted by Crippen LogP contribution is -2.60. The van der Waals surface area contributed by atoms with Crippen LogP contribution in [-0.4, -0.2) is 65.4 Å². The van der Waals surface area contributed by atoms with Gasteiger partial charge < -0.3 is 20.9 Å². The fourth-order valence-corrected chi connectivity index (χ4v) is 5.16. The van der Waals surface area contributed by atoms with Crippen LogP contribution in [0.25, 0.3) is 0 Å². The SMILES string of the molecule is C#C[C@H]1CCN2C(=O)[C@@H](NC(=O)C(F)(F)F)C(C)(C)CC/C=C/[C@@H]3C[C@@H](C[C@@H](C#N)NC(=O)[C@H]12)C(=O)N3. The minimum Gasteiger partial charge on any atom is -0.350 e. The number of alkyl halides is 3. The highest BCUT2D eigenvalue weighted by molar-refractivity contribution is 5.94. The molecule has 37 heavy (non-hydrogen) atoms. The molecular formula is C25H30F3N5O4. The molecule has 0 spiro atoms. The molecule has 12 heteroatoms. The van der Waals surface area contributed by atoms with E-state index in [0.29, 0.717) is 12.8 Å². The summed E-state index contributed by atoms with van der Waals surface area (Å²) in [4.78, 5) is 52.4. The Kier molecular flexibility index (Phi) is 8.21. The second-order valence-electron chi connectivity index (χ2n) is 10.4. The molecule has 0 aromatic carbocycles. The zero-order chi connectivity index (χ0) is 27.5. The fourth-order valence-electron chi connectivity index (χ4n) is 5.16. The van der Waals surface area contributed by atoms with Gasteiger partial charge in [0.25, 0.3) is 0 Å². The van der Waals surface area contributed by atoms with Gasteiger partial charge in [0.2, 0.25) is 17.7 Å². The molecule has 3 aliphatic heterocycles. The summed E-state index contributed by atoms with van der Waals surface area (Å²) in [5.41, 5.74) is -1.15. The highest BCUT2D eigenvalue weighted by Crippen LogP contribution is 2.33. The number of fused-ring (bicyclic) bond motifs is 3. The first-order valence-corrected chi connectivity index (χ1v) is 12.1. The maximum atomic E-state index is 13.7. The van der Waals surface area contributed by atoms with Crippen LogP contribution >= 0.6 is 0 Å². The number of carbonyl (C=O) groups is 4. The van der Waals surface area contributed by atoms with Crippen molar-refractivity contribution in [2.75, 3.05) is 6.54 Å². The van der Waals surface area contributed by atoms with Crippen molar-refractivity contribution in [2.24, 2.45) is 17.3 Å². The van der Waals surface area contributed by atoms with E-state index in [1.54, 1.807) is 26.0 Å². The van der Waals surface area contributed by atoms with Crippen molar-refractivity contribution in [1.82, 2.24) is 20.9 Å². The largest absolute Gasteiger partial charge is 0.471 e. The summed E-state index contributed by atoms with van der Waals surface area (Å²) < 4.78 is 39.5. The highest BCUT2D eigenvalue weighted by Gasteiger charge is 2.49. The zero-order valence-electron chi connectivity index (χ0n) is 20.6. The molecule has 3 rings (SSSR count). The molecule has 0 unspecified atom stereocenters. The van der Waals surface area contributed by atoms with Crippen LogP contribution in [0.15, 0.2) is 12.2 Å². The first-order chi connectivity index (χ1) is 17.3. The first kappa shape index (κ1) is 28.0. The van der Waals surface area contributed by atoms with Crippen LogP contribution in [0.1, 0.15) is 46.0 Å². The second kappa shape index (κ2) is 10.8. The van der Waals surface area contributed by atoms with Crippen molar-refractivity contribution in [1.29, 1.82) is 5.26 Å². The van der Waals surface area contributed by atoms with Gasteiger partial charge in [0, 0.05) is 18.5 Å². The van der Waals surface area contributed by atoms with Gasteiger partial charge in [-0.15, -0.1) is 12.3 Å². The molecule has 3 N–H and O–H groups in total. The summed E-state index contributed by atoms with van der Waals surface area (Å²) in [6.45, 7) is 3.11. The van der Waals surface area contributed by atoms with E-state index in [9.17, 15) is 37.6 Å². The van der Waals surface area contributed by atoms with Crippen molar-refractivity contribution in [3.05, 3.63) is 12.2 Å². The number of hydrogen-bond acceptors (Lipinski definition) is 5. The Labute approximate surface area is 213 Å². The van der Waals surface area contributed by atoms with Crippen molar-refractivity contribution in [3.63, 3.8) is 0 Å². The van der Waals surface area contributed by atoms with Crippen LogP contribution in [0.4, 0.5) is 13.2 Å². The van der Waals surface area contributed by atoms with Gasteiger partial charge in [0.15, 0.2) is 0 Å². The number of nitrogens with one attached hydrogen (secondary N) is 3. The van der Waals surface area contributed by atoms with Gasteiger partial charge in [-0.2, -0.15) is 18.4 Å². The predicted molar refractivity (Wildman–Crippen MR) is 125 cm³/mol. The second-order valence-corrected chi connectivity index (χ2v) is 10.4. The maximum Gasteiger partial charge on any atom is 0.471 e. The Hall–Kier alpha value is -3.54. The van der Waals surface area contributed by atoms with Crippen molar-refractivity contribution >= 4 is 23.6 Å². The molecule has 0 aliphatic carbocycles. The number of hydrogen-bond donors (Lipinski definition) is 3. The summed E-state index contributed by atoms with van der Waals surface area (Å²) in [5.74, 6) is -2.90. The summed E-state index contributed by atoms with van der Waals surface area (Å²) in [6, 6.07) is -2.23. The standard InChI is InChI=1S/C25H30F3N5O4/c1-4-14-8-10-33-18(14)21(35)31-17(13-29)12-15-11-16(30-20(15)34)7-5-6-9-24(2,3)19(22(33)36)32-23(37)25(26,27)28/h1,5,7,14-19H,6,8-12H2,2-3H3,(H,30,34)(H,31,35)(H,32,37)/b7-5+/t14-,15-,16+,17-,18-,19+/m0/s1. The number of nitrogens with zero attached hydrogens (tertiary/aromatic N) is 2. The lowest BCUT2D eigenvalue weighted by atomic mass is 9.79. The molecule has 0 saturated carbocycles. The molecule has 3 heterocycles. The minimum absolute atomic E-state index is 0.00983. The van der Waals surface area contributed by atoms with E-state index in [4.69, 9.17) is 6.42 Å². The van der Waals surface area contributed by atoms with Crippen LogP contribution in [0.3, 0.4) is 0 Å². The van der Waals surface area contributed by atoms with Crippen molar-refractivity contribution in [3.8, 4) is 18.4 Å². The molecule has 2 fully saturated rings. The molecule has 0 aromatic rings. The molecule has 200 valence electrons. The topological polar surface area (TPSA) is 131 Å². The van der Waals surface area contributed by atoms with E-state index in [1.807, 2.05) is 11.4 Å². The van der Waals surface area contributed by atoms with E-state index < -0.39 is 59.3 Å². The fraction of sp³-hybridized carbons (Fsp3) is 0.640. The number of halogens is 3. The average molecular weight is 522 g/mol. The summed E-state index contributed by atoms with van der Waals surface area (Å²) in [5, 5.41) is 16.8. The Balaban J connectivity index is 2.01. The smallest absolute Gasteiger partial charge is 0.350 e. The maximum absolute atomic E-state index is 13.7. The van der Waals surface area contributed by atoms with E-state index in [2.05, 4.69) is 16.6 Å². The Morgan fingerprint density at radius 1 is 1.22 bits per heavy atom.